The van der Waals surface area contributed by atoms with Gasteiger partial charge in [-0.3, -0.25) is 9.48 Å². The van der Waals surface area contributed by atoms with Gasteiger partial charge in [-0.2, -0.15) is 5.10 Å². The van der Waals surface area contributed by atoms with Crippen LogP contribution in [0.25, 0.3) is 10.9 Å². The summed E-state index contributed by atoms with van der Waals surface area (Å²) < 4.78 is 1.89. The highest BCUT2D eigenvalue weighted by atomic mass is 35.5. The number of carbonyl (C=O) groups is 1. The number of halogens is 1. The molecule has 1 aliphatic heterocycles. The highest BCUT2D eigenvalue weighted by Crippen LogP contribution is 2.26. The minimum absolute atomic E-state index is 0.172. The normalized spacial score (nSPS) is 13.2. The van der Waals surface area contributed by atoms with Crippen molar-refractivity contribution in [3.8, 4) is 0 Å². The number of amides is 1. The van der Waals surface area contributed by atoms with E-state index in [1.807, 2.05) is 22.9 Å². The van der Waals surface area contributed by atoms with Gasteiger partial charge in [0.15, 0.2) is 0 Å². The molecule has 0 atom stereocenters. The van der Waals surface area contributed by atoms with Gasteiger partial charge in [0.2, 0.25) is 0 Å². The Morgan fingerprint density at radius 1 is 1.28 bits per heavy atom. The van der Waals surface area contributed by atoms with E-state index >= 15 is 0 Å². The van der Waals surface area contributed by atoms with E-state index in [2.05, 4.69) is 28.7 Å². The number of nitrogens with one attached hydrogen (secondary N) is 2. The molecule has 2 aromatic carbocycles. The van der Waals surface area contributed by atoms with Crippen molar-refractivity contribution in [3.05, 3.63) is 58.2 Å². The van der Waals surface area contributed by atoms with Gasteiger partial charge >= 0.3 is 0 Å². The van der Waals surface area contributed by atoms with Crippen LogP contribution in [0.4, 0.5) is 5.69 Å². The number of nitrogens with zero attached hydrogens (tertiary/aromatic N) is 2. The second-order valence-corrected chi connectivity index (χ2v) is 6.73. The number of hydrogen-bond donors (Lipinski definition) is 2. The van der Waals surface area contributed by atoms with Gasteiger partial charge in [-0.25, -0.2) is 0 Å². The summed E-state index contributed by atoms with van der Waals surface area (Å²) in [4.78, 5) is 12.8. The number of carbonyl (C=O) groups excluding carboxylic acids is 1. The third kappa shape index (κ3) is 3.01. The molecule has 0 saturated carbocycles. The van der Waals surface area contributed by atoms with E-state index in [1.54, 1.807) is 12.3 Å². The highest BCUT2D eigenvalue weighted by Gasteiger charge is 2.16. The van der Waals surface area contributed by atoms with Crippen molar-refractivity contribution in [3.63, 3.8) is 0 Å². The first kappa shape index (κ1) is 16.1. The SMILES string of the molecule is CCCn1ncc2c(C(=O)Nc3ccc4c(c3)CNC4)cc(Cl)cc21. The van der Waals surface area contributed by atoms with Crippen LogP contribution in [-0.4, -0.2) is 15.7 Å². The Kier molecular flexibility index (Phi) is 4.19. The Morgan fingerprint density at radius 2 is 2.12 bits per heavy atom. The summed E-state index contributed by atoms with van der Waals surface area (Å²) in [5.41, 5.74) is 4.73. The molecule has 0 aliphatic carbocycles. The Morgan fingerprint density at radius 3 is 2.96 bits per heavy atom. The van der Waals surface area contributed by atoms with Gasteiger partial charge in [-0.15, -0.1) is 0 Å². The average Bonchev–Trinajstić information content (AvgIpc) is 3.21. The third-order valence-electron chi connectivity index (χ3n) is 4.50. The van der Waals surface area contributed by atoms with Crippen molar-refractivity contribution in [2.45, 2.75) is 33.0 Å². The lowest BCUT2D eigenvalue weighted by molar-refractivity contribution is 0.102. The lowest BCUT2D eigenvalue weighted by Gasteiger charge is -2.09. The summed E-state index contributed by atoms with van der Waals surface area (Å²) in [6.07, 6.45) is 2.71. The molecule has 128 valence electrons. The van der Waals surface area contributed by atoms with E-state index in [0.717, 1.165) is 42.6 Å². The molecule has 2 heterocycles. The van der Waals surface area contributed by atoms with E-state index in [-0.39, 0.29) is 5.91 Å². The number of aryl methyl sites for hydroxylation is 1. The van der Waals surface area contributed by atoms with Crippen LogP contribution in [0.3, 0.4) is 0 Å². The van der Waals surface area contributed by atoms with Crippen LogP contribution in [0.1, 0.15) is 34.8 Å². The van der Waals surface area contributed by atoms with Crippen LogP contribution in [0.2, 0.25) is 5.02 Å². The summed E-state index contributed by atoms with van der Waals surface area (Å²) in [6.45, 7) is 4.61. The van der Waals surface area contributed by atoms with Gasteiger partial charge in [-0.05, 0) is 41.8 Å². The van der Waals surface area contributed by atoms with E-state index in [1.165, 1.54) is 11.1 Å². The predicted molar refractivity (Wildman–Crippen MR) is 100.0 cm³/mol. The van der Waals surface area contributed by atoms with Gasteiger partial charge in [0, 0.05) is 35.7 Å². The van der Waals surface area contributed by atoms with Crippen molar-refractivity contribution in [2.24, 2.45) is 0 Å². The summed E-state index contributed by atoms with van der Waals surface area (Å²) in [7, 11) is 0. The molecule has 0 radical (unpaired) electrons. The van der Waals surface area contributed by atoms with Gasteiger partial charge in [0.05, 0.1) is 17.3 Å². The summed E-state index contributed by atoms with van der Waals surface area (Å²) in [5, 5.41) is 12.0. The van der Waals surface area contributed by atoms with Crippen LogP contribution in [-0.2, 0) is 19.6 Å². The Bertz CT molecular complexity index is 963. The molecule has 0 bridgehead atoms. The van der Waals surface area contributed by atoms with Crippen LogP contribution in [0.5, 0.6) is 0 Å². The fourth-order valence-corrected chi connectivity index (χ4v) is 3.50. The largest absolute Gasteiger partial charge is 0.322 e. The second-order valence-electron chi connectivity index (χ2n) is 6.30. The van der Waals surface area contributed by atoms with Gasteiger partial charge < -0.3 is 10.6 Å². The van der Waals surface area contributed by atoms with Gasteiger partial charge in [0.25, 0.3) is 5.91 Å². The fourth-order valence-electron chi connectivity index (χ4n) is 3.29. The average molecular weight is 355 g/mol. The molecular weight excluding hydrogens is 336 g/mol. The summed E-state index contributed by atoms with van der Waals surface area (Å²) >= 11 is 6.25. The van der Waals surface area contributed by atoms with E-state index in [9.17, 15) is 4.79 Å². The second kappa shape index (κ2) is 6.50. The monoisotopic (exact) mass is 354 g/mol. The van der Waals surface area contributed by atoms with E-state index < -0.39 is 0 Å². The molecule has 1 aliphatic rings. The number of rotatable bonds is 4. The van der Waals surface area contributed by atoms with Crippen molar-refractivity contribution in [1.82, 2.24) is 15.1 Å². The molecule has 1 amide bonds. The number of anilines is 1. The number of hydrogen-bond acceptors (Lipinski definition) is 3. The third-order valence-corrected chi connectivity index (χ3v) is 4.72. The molecule has 3 aromatic rings. The van der Waals surface area contributed by atoms with Crippen molar-refractivity contribution in [2.75, 3.05) is 5.32 Å². The smallest absolute Gasteiger partial charge is 0.256 e. The Labute approximate surface area is 151 Å². The highest BCUT2D eigenvalue weighted by molar-refractivity contribution is 6.32. The van der Waals surface area contributed by atoms with Crippen molar-refractivity contribution < 1.29 is 4.79 Å². The zero-order valence-corrected chi connectivity index (χ0v) is 14.7. The minimum Gasteiger partial charge on any atom is -0.322 e. The predicted octanol–water partition coefficient (Wildman–Crippen LogP) is 3.96. The van der Waals surface area contributed by atoms with E-state index in [0.29, 0.717) is 10.6 Å². The molecule has 0 spiro atoms. The van der Waals surface area contributed by atoms with Crippen LogP contribution >= 0.6 is 11.6 Å². The zero-order valence-electron chi connectivity index (χ0n) is 14.0. The molecule has 0 fully saturated rings. The van der Waals surface area contributed by atoms with Gasteiger partial charge in [-0.1, -0.05) is 24.6 Å². The number of fused-ring (bicyclic) bond motifs is 2. The fraction of sp³-hybridized carbons (Fsp3) is 0.263. The summed E-state index contributed by atoms with van der Waals surface area (Å²) in [6, 6.07) is 9.57. The maximum absolute atomic E-state index is 12.8. The first-order valence-electron chi connectivity index (χ1n) is 8.44. The maximum Gasteiger partial charge on any atom is 0.256 e. The Balaban J connectivity index is 1.68. The van der Waals surface area contributed by atoms with E-state index in [4.69, 9.17) is 11.6 Å². The quantitative estimate of drug-likeness (QED) is 0.745. The first-order chi connectivity index (χ1) is 12.2. The molecule has 5 nitrogen and oxygen atoms in total. The van der Waals surface area contributed by atoms with Crippen molar-refractivity contribution in [1.29, 1.82) is 0 Å². The maximum atomic E-state index is 12.8. The van der Waals surface area contributed by atoms with Crippen LogP contribution in [0, 0.1) is 0 Å². The topological polar surface area (TPSA) is 59.0 Å². The molecule has 25 heavy (non-hydrogen) atoms. The lowest BCUT2D eigenvalue weighted by Crippen LogP contribution is -2.12. The van der Waals surface area contributed by atoms with Crippen LogP contribution in [0.15, 0.2) is 36.5 Å². The molecule has 1 aromatic heterocycles. The summed E-state index contributed by atoms with van der Waals surface area (Å²) in [5.74, 6) is -0.172. The molecule has 4 rings (SSSR count). The molecule has 0 saturated heterocycles. The van der Waals surface area contributed by atoms with Crippen LogP contribution < -0.4 is 10.6 Å². The number of benzene rings is 2. The van der Waals surface area contributed by atoms with Gasteiger partial charge in [0.1, 0.15) is 0 Å². The first-order valence-corrected chi connectivity index (χ1v) is 8.82. The standard InChI is InChI=1S/C19H19ClN4O/c1-2-5-24-18-8-14(20)7-16(17(18)11-22-24)19(25)23-15-4-3-12-9-21-10-13(12)6-15/h3-4,6-8,11,21H,2,5,9-10H2,1H3,(H,23,25). The minimum atomic E-state index is -0.172. The number of aromatic nitrogens is 2. The Hall–Kier alpha value is -2.37. The molecule has 2 N–H and O–H groups in total. The zero-order chi connectivity index (χ0) is 17.4. The lowest BCUT2D eigenvalue weighted by atomic mass is 10.1. The molecule has 0 unspecified atom stereocenters. The molecular formula is C19H19ClN4O. The molecule has 6 heteroatoms. The van der Waals surface area contributed by atoms with Crippen molar-refractivity contribution >= 4 is 34.1 Å².